The summed E-state index contributed by atoms with van der Waals surface area (Å²) >= 11 is 0. The number of rotatable bonds is 2. The maximum Gasteiger partial charge on any atom is 0.426 e. The van der Waals surface area contributed by atoms with Crippen molar-refractivity contribution >= 4 is 5.97 Å². The van der Waals surface area contributed by atoms with E-state index in [2.05, 4.69) is 0 Å². The van der Waals surface area contributed by atoms with Crippen LogP contribution < -0.4 is 4.74 Å². The van der Waals surface area contributed by atoms with Crippen LogP contribution in [0.15, 0.2) is 18.2 Å². The standard InChI is InChI=1S/C14H15F3O3/c1-7(2)9-5-3-4-8-6-10(13(18)19)12(14(15,16)17)20-11(8)9/h3-5,7,10,12H,6H2,1-2H3,(H,18,19). The SMILES string of the molecule is CC(C)c1cccc2c1OC(C(F)(F)F)C(C(=O)O)C2. The van der Waals surface area contributed by atoms with Gasteiger partial charge in [0.25, 0.3) is 0 Å². The van der Waals surface area contributed by atoms with Crippen molar-refractivity contribution in [1.29, 1.82) is 0 Å². The predicted octanol–water partition coefficient (Wildman–Crippen LogP) is 3.38. The molecule has 3 nitrogen and oxygen atoms in total. The average molecular weight is 288 g/mol. The van der Waals surface area contributed by atoms with Crippen molar-refractivity contribution in [2.45, 2.75) is 38.5 Å². The Balaban J connectivity index is 2.49. The van der Waals surface area contributed by atoms with E-state index >= 15 is 0 Å². The molecule has 0 amide bonds. The van der Waals surface area contributed by atoms with E-state index in [0.29, 0.717) is 11.1 Å². The molecule has 1 aromatic rings. The van der Waals surface area contributed by atoms with Crippen molar-refractivity contribution in [3.8, 4) is 5.75 Å². The largest absolute Gasteiger partial charge is 0.481 e. The van der Waals surface area contributed by atoms with Crippen LogP contribution in [-0.4, -0.2) is 23.4 Å². The summed E-state index contributed by atoms with van der Waals surface area (Å²) in [7, 11) is 0. The molecule has 2 unspecified atom stereocenters. The highest BCUT2D eigenvalue weighted by Gasteiger charge is 2.52. The number of para-hydroxylation sites is 1. The van der Waals surface area contributed by atoms with E-state index in [9.17, 15) is 18.0 Å². The summed E-state index contributed by atoms with van der Waals surface area (Å²) in [5.74, 6) is -2.92. The van der Waals surface area contributed by atoms with E-state index in [1.54, 1.807) is 18.2 Å². The number of carboxylic acids is 1. The maximum atomic E-state index is 13.0. The highest BCUT2D eigenvalue weighted by atomic mass is 19.4. The molecule has 1 aliphatic rings. The van der Waals surface area contributed by atoms with E-state index in [-0.39, 0.29) is 18.1 Å². The number of carboxylic acid groups (broad SMARTS) is 1. The molecule has 20 heavy (non-hydrogen) atoms. The van der Waals surface area contributed by atoms with E-state index in [4.69, 9.17) is 9.84 Å². The Morgan fingerprint density at radius 1 is 1.40 bits per heavy atom. The van der Waals surface area contributed by atoms with Crippen molar-refractivity contribution in [2.75, 3.05) is 0 Å². The Morgan fingerprint density at radius 2 is 2.05 bits per heavy atom. The third-order valence-corrected chi connectivity index (χ3v) is 3.44. The van der Waals surface area contributed by atoms with Gasteiger partial charge in [0.15, 0.2) is 0 Å². The molecule has 0 aliphatic carbocycles. The number of fused-ring (bicyclic) bond motifs is 1. The number of hydrogen-bond acceptors (Lipinski definition) is 2. The zero-order valence-corrected chi connectivity index (χ0v) is 11.1. The zero-order chi connectivity index (χ0) is 15.1. The Labute approximate surface area is 114 Å². The zero-order valence-electron chi connectivity index (χ0n) is 11.1. The minimum Gasteiger partial charge on any atom is -0.481 e. The number of hydrogen-bond donors (Lipinski definition) is 1. The summed E-state index contributed by atoms with van der Waals surface area (Å²) in [5, 5.41) is 9.00. The minimum absolute atomic E-state index is 0.000196. The van der Waals surface area contributed by atoms with Gasteiger partial charge in [-0.3, -0.25) is 4.79 Å². The smallest absolute Gasteiger partial charge is 0.426 e. The predicted molar refractivity (Wildman–Crippen MR) is 65.8 cm³/mol. The van der Waals surface area contributed by atoms with Crippen molar-refractivity contribution in [3.05, 3.63) is 29.3 Å². The molecule has 0 bridgehead atoms. The van der Waals surface area contributed by atoms with Gasteiger partial charge in [0.2, 0.25) is 6.10 Å². The molecule has 6 heteroatoms. The molecule has 1 N–H and O–H groups in total. The number of benzene rings is 1. The minimum atomic E-state index is -4.70. The fourth-order valence-electron chi connectivity index (χ4n) is 2.43. The number of halogens is 3. The van der Waals surface area contributed by atoms with Crippen LogP contribution in [0, 0.1) is 5.92 Å². The Bertz CT molecular complexity index is 523. The Hall–Kier alpha value is -1.72. The van der Waals surface area contributed by atoms with E-state index in [0.717, 1.165) is 0 Å². The van der Waals surface area contributed by atoms with Crippen LogP contribution in [-0.2, 0) is 11.2 Å². The van der Waals surface area contributed by atoms with Gasteiger partial charge in [-0.05, 0) is 23.5 Å². The topological polar surface area (TPSA) is 46.5 Å². The summed E-state index contributed by atoms with van der Waals surface area (Å²) in [4.78, 5) is 11.1. The number of carbonyl (C=O) groups is 1. The van der Waals surface area contributed by atoms with Crippen LogP contribution in [0.3, 0.4) is 0 Å². The summed E-state index contributed by atoms with van der Waals surface area (Å²) < 4.78 is 44.0. The molecular weight excluding hydrogens is 273 g/mol. The second-order valence-electron chi connectivity index (χ2n) is 5.22. The lowest BCUT2D eigenvalue weighted by atomic mass is 9.87. The maximum absolute atomic E-state index is 13.0. The van der Waals surface area contributed by atoms with Crippen molar-refractivity contribution < 1.29 is 27.8 Å². The quantitative estimate of drug-likeness (QED) is 0.907. The molecule has 0 radical (unpaired) electrons. The van der Waals surface area contributed by atoms with Gasteiger partial charge in [0, 0.05) is 0 Å². The van der Waals surface area contributed by atoms with Gasteiger partial charge in [0.05, 0.1) is 0 Å². The highest BCUT2D eigenvalue weighted by Crippen LogP contribution is 2.41. The highest BCUT2D eigenvalue weighted by molar-refractivity contribution is 5.72. The monoisotopic (exact) mass is 288 g/mol. The van der Waals surface area contributed by atoms with Crippen LogP contribution in [0.1, 0.15) is 30.9 Å². The second kappa shape index (κ2) is 5.00. The van der Waals surface area contributed by atoms with E-state index in [1.807, 2.05) is 13.8 Å². The third kappa shape index (κ3) is 2.59. The first-order chi connectivity index (χ1) is 9.21. The molecule has 1 heterocycles. The van der Waals surface area contributed by atoms with Gasteiger partial charge < -0.3 is 9.84 Å². The van der Waals surface area contributed by atoms with Gasteiger partial charge in [-0.25, -0.2) is 0 Å². The lowest BCUT2D eigenvalue weighted by Crippen LogP contribution is -2.47. The molecule has 1 aliphatic heterocycles. The molecule has 0 fully saturated rings. The third-order valence-electron chi connectivity index (χ3n) is 3.44. The Morgan fingerprint density at radius 3 is 2.55 bits per heavy atom. The summed E-state index contributed by atoms with van der Waals surface area (Å²) in [5.41, 5.74) is 1.18. The van der Waals surface area contributed by atoms with Crippen LogP contribution in [0.2, 0.25) is 0 Å². The lowest BCUT2D eigenvalue weighted by molar-refractivity contribution is -0.217. The molecule has 0 aromatic heterocycles. The number of alkyl halides is 3. The van der Waals surface area contributed by atoms with Gasteiger partial charge in [-0.1, -0.05) is 32.0 Å². The molecular formula is C14H15F3O3. The van der Waals surface area contributed by atoms with Crippen LogP contribution >= 0.6 is 0 Å². The molecule has 110 valence electrons. The first kappa shape index (κ1) is 14.7. The molecule has 2 rings (SSSR count). The summed E-state index contributed by atoms with van der Waals surface area (Å²) in [6.45, 7) is 3.70. The number of aliphatic carboxylic acids is 1. The normalized spacial score (nSPS) is 22.3. The fraction of sp³-hybridized carbons (Fsp3) is 0.500. The first-order valence-electron chi connectivity index (χ1n) is 6.29. The van der Waals surface area contributed by atoms with Gasteiger partial charge in [0.1, 0.15) is 11.7 Å². The van der Waals surface area contributed by atoms with Gasteiger partial charge >= 0.3 is 12.1 Å². The van der Waals surface area contributed by atoms with Gasteiger partial charge in [-0.15, -0.1) is 0 Å². The Kier molecular flexibility index (Phi) is 3.67. The second-order valence-corrected chi connectivity index (χ2v) is 5.22. The molecule has 0 saturated heterocycles. The summed E-state index contributed by atoms with van der Waals surface area (Å²) in [6, 6.07) is 5.03. The van der Waals surface area contributed by atoms with Crippen LogP contribution in [0.25, 0.3) is 0 Å². The van der Waals surface area contributed by atoms with Crippen molar-refractivity contribution in [2.24, 2.45) is 5.92 Å². The van der Waals surface area contributed by atoms with E-state index < -0.39 is 24.2 Å². The summed E-state index contributed by atoms with van der Waals surface area (Å²) in [6.07, 6.45) is -7.17. The van der Waals surface area contributed by atoms with Crippen molar-refractivity contribution in [3.63, 3.8) is 0 Å². The van der Waals surface area contributed by atoms with Gasteiger partial charge in [-0.2, -0.15) is 13.2 Å². The molecule has 0 spiro atoms. The van der Waals surface area contributed by atoms with Crippen LogP contribution in [0.5, 0.6) is 5.75 Å². The fourth-order valence-corrected chi connectivity index (χ4v) is 2.43. The van der Waals surface area contributed by atoms with Crippen molar-refractivity contribution in [1.82, 2.24) is 0 Å². The molecule has 1 aromatic carbocycles. The average Bonchev–Trinajstić information content (AvgIpc) is 2.35. The molecule has 2 atom stereocenters. The van der Waals surface area contributed by atoms with Crippen LogP contribution in [0.4, 0.5) is 13.2 Å². The molecule has 0 saturated carbocycles. The first-order valence-corrected chi connectivity index (χ1v) is 6.29. The number of ether oxygens (including phenoxy) is 1. The lowest BCUT2D eigenvalue weighted by Gasteiger charge is -2.34. The van der Waals surface area contributed by atoms with E-state index in [1.165, 1.54) is 0 Å².